The molecule has 2 rings (SSSR count). The maximum absolute atomic E-state index is 11.0. The summed E-state index contributed by atoms with van der Waals surface area (Å²) in [5.41, 5.74) is -0.000123. The highest BCUT2D eigenvalue weighted by Crippen LogP contribution is 2.29. The van der Waals surface area contributed by atoms with Crippen LogP contribution in [0.1, 0.15) is 19.3 Å². The second-order valence-electron chi connectivity index (χ2n) is 4.58. The minimum Gasteiger partial charge on any atom is -0.381 e. The lowest BCUT2D eigenvalue weighted by molar-refractivity contribution is -0.384. The molecular formula is C12H18N4O3. The van der Waals surface area contributed by atoms with Gasteiger partial charge in [-0.05, 0) is 25.3 Å². The number of hydrogen-bond donors (Lipinski definition) is 2. The van der Waals surface area contributed by atoms with Crippen molar-refractivity contribution in [3.63, 3.8) is 0 Å². The van der Waals surface area contributed by atoms with Crippen molar-refractivity contribution in [3.05, 3.63) is 22.2 Å². The third kappa shape index (κ3) is 3.11. The second-order valence-corrected chi connectivity index (χ2v) is 4.58. The van der Waals surface area contributed by atoms with E-state index >= 15 is 0 Å². The molecule has 1 heterocycles. The first kappa shape index (κ1) is 13.5. The first-order chi connectivity index (χ1) is 9.13. The van der Waals surface area contributed by atoms with Crippen LogP contribution in [0.25, 0.3) is 0 Å². The smallest absolute Gasteiger partial charge is 0.311 e. The van der Waals surface area contributed by atoms with Gasteiger partial charge >= 0.3 is 5.69 Å². The van der Waals surface area contributed by atoms with Crippen molar-refractivity contribution in [2.24, 2.45) is 0 Å². The number of aromatic nitrogens is 1. The van der Waals surface area contributed by atoms with Gasteiger partial charge in [0.2, 0.25) is 5.82 Å². The van der Waals surface area contributed by atoms with Gasteiger partial charge in [0.25, 0.3) is 0 Å². The van der Waals surface area contributed by atoms with E-state index in [2.05, 4.69) is 15.6 Å². The van der Waals surface area contributed by atoms with E-state index in [9.17, 15) is 10.1 Å². The van der Waals surface area contributed by atoms with E-state index in [1.54, 1.807) is 20.2 Å². The van der Waals surface area contributed by atoms with Crippen LogP contribution >= 0.6 is 0 Å². The van der Waals surface area contributed by atoms with Crippen LogP contribution < -0.4 is 10.6 Å². The van der Waals surface area contributed by atoms with E-state index in [-0.39, 0.29) is 17.8 Å². The van der Waals surface area contributed by atoms with E-state index in [1.807, 2.05) is 0 Å². The minimum atomic E-state index is -0.419. The lowest BCUT2D eigenvalue weighted by atomic mass is 10.2. The maximum Gasteiger partial charge on any atom is 0.311 e. The lowest BCUT2D eigenvalue weighted by Crippen LogP contribution is -2.19. The molecule has 0 aliphatic heterocycles. The molecule has 0 amide bonds. The molecule has 1 aromatic rings. The van der Waals surface area contributed by atoms with E-state index in [0.717, 1.165) is 19.3 Å². The second kappa shape index (κ2) is 5.83. The van der Waals surface area contributed by atoms with Crippen molar-refractivity contribution in [3.8, 4) is 0 Å². The minimum absolute atomic E-state index is 0.000123. The molecule has 0 radical (unpaired) electrons. The number of nitrogens with zero attached hydrogens (tertiary/aromatic N) is 2. The van der Waals surface area contributed by atoms with Gasteiger partial charge in [-0.25, -0.2) is 4.98 Å². The maximum atomic E-state index is 11.0. The van der Waals surface area contributed by atoms with Gasteiger partial charge in [0.1, 0.15) is 5.82 Å². The Morgan fingerprint density at radius 1 is 1.47 bits per heavy atom. The van der Waals surface area contributed by atoms with Crippen LogP contribution in [0.4, 0.5) is 17.3 Å². The first-order valence-electron chi connectivity index (χ1n) is 6.26. The predicted molar refractivity (Wildman–Crippen MR) is 72.5 cm³/mol. The van der Waals surface area contributed by atoms with Gasteiger partial charge in [0.05, 0.1) is 11.0 Å². The topological polar surface area (TPSA) is 89.3 Å². The molecule has 1 aliphatic carbocycles. The molecular weight excluding hydrogens is 248 g/mol. The van der Waals surface area contributed by atoms with Gasteiger partial charge in [-0.3, -0.25) is 10.1 Å². The molecule has 7 nitrogen and oxygen atoms in total. The standard InChI is InChI=1S/C12H18N4O3/c1-13-11-6-5-10(16(17)18)12(15-11)14-8-3-4-9(7-8)19-2/h5-6,8-9H,3-4,7H2,1-2H3,(H2,13,14,15). The SMILES string of the molecule is CNc1ccc([N+](=O)[O-])c(NC2CCC(OC)C2)n1. The van der Waals surface area contributed by atoms with Crippen LogP contribution in [0.5, 0.6) is 0 Å². The third-order valence-corrected chi connectivity index (χ3v) is 3.39. The average molecular weight is 266 g/mol. The van der Waals surface area contributed by atoms with Crippen LogP contribution in [0.15, 0.2) is 12.1 Å². The Bertz CT molecular complexity index is 466. The van der Waals surface area contributed by atoms with E-state index < -0.39 is 4.92 Å². The summed E-state index contributed by atoms with van der Waals surface area (Å²) in [6.45, 7) is 0. The quantitative estimate of drug-likeness (QED) is 0.626. The van der Waals surface area contributed by atoms with Crippen LogP contribution in [0.3, 0.4) is 0 Å². The van der Waals surface area contributed by atoms with Crippen LogP contribution in [0, 0.1) is 10.1 Å². The Morgan fingerprint density at radius 2 is 2.26 bits per heavy atom. The number of methoxy groups -OCH3 is 1. The molecule has 1 fully saturated rings. The molecule has 7 heteroatoms. The molecule has 2 N–H and O–H groups in total. The molecule has 0 bridgehead atoms. The molecule has 1 saturated carbocycles. The summed E-state index contributed by atoms with van der Waals surface area (Å²) >= 11 is 0. The highest BCUT2D eigenvalue weighted by Gasteiger charge is 2.27. The Kier molecular flexibility index (Phi) is 4.16. The number of ether oxygens (including phenoxy) is 1. The van der Waals surface area contributed by atoms with Crippen molar-refractivity contribution >= 4 is 17.3 Å². The Balaban J connectivity index is 2.16. The van der Waals surface area contributed by atoms with Crippen LogP contribution in [-0.2, 0) is 4.74 Å². The van der Waals surface area contributed by atoms with Gasteiger partial charge in [-0.2, -0.15) is 0 Å². The molecule has 104 valence electrons. The Morgan fingerprint density at radius 3 is 2.84 bits per heavy atom. The largest absolute Gasteiger partial charge is 0.381 e. The first-order valence-corrected chi connectivity index (χ1v) is 6.26. The van der Waals surface area contributed by atoms with E-state index in [4.69, 9.17) is 4.74 Å². The van der Waals surface area contributed by atoms with Gasteiger partial charge < -0.3 is 15.4 Å². The molecule has 19 heavy (non-hydrogen) atoms. The molecule has 0 saturated heterocycles. The van der Waals surface area contributed by atoms with Crippen molar-refractivity contribution in [1.29, 1.82) is 0 Å². The number of nitrogens with one attached hydrogen (secondary N) is 2. The summed E-state index contributed by atoms with van der Waals surface area (Å²) in [5.74, 6) is 0.924. The normalized spacial score (nSPS) is 22.2. The molecule has 1 aromatic heterocycles. The summed E-state index contributed by atoms with van der Waals surface area (Å²) < 4.78 is 5.30. The number of nitro groups is 1. The zero-order valence-corrected chi connectivity index (χ0v) is 11.0. The molecule has 2 atom stereocenters. The number of rotatable bonds is 5. The summed E-state index contributed by atoms with van der Waals surface area (Å²) in [7, 11) is 3.42. The fraction of sp³-hybridized carbons (Fsp3) is 0.583. The molecule has 0 spiro atoms. The van der Waals surface area contributed by atoms with Crippen LogP contribution in [-0.4, -0.2) is 36.2 Å². The Labute approximate surface area is 111 Å². The zero-order valence-electron chi connectivity index (χ0n) is 11.0. The highest BCUT2D eigenvalue weighted by molar-refractivity contribution is 5.60. The summed E-state index contributed by atoms with van der Waals surface area (Å²) in [6.07, 6.45) is 2.97. The lowest BCUT2D eigenvalue weighted by Gasteiger charge is -2.14. The van der Waals surface area contributed by atoms with Crippen molar-refractivity contribution < 1.29 is 9.66 Å². The van der Waals surface area contributed by atoms with Crippen molar-refractivity contribution in [1.82, 2.24) is 4.98 Å². The zero-order chi connectivity index (χ0) is 13.8. The van der Waals surface area contributed by atoms with Gasteiger partial charge in [0.15, 0.2) is 0 Å². The van der Waals surface area contributed by atoms with Gasteiger partial charge in [-0.15, -0.1) is 0 Å². The number of hydrogen-bond acceptors (Lipinski definition) is 6. The summed E-state index contributed by atoms with van der Waals surface area (Å²) in [5, 5.41) is 17.0. The number of pyridine rings is 1. The molecule has 1 aliphatic rings. The van der Waals surface area contributed by atoms with Crippen molar-refractivity contribution in [2.75, 3.05) is 24.8 Å². The monoisotopic (exact) mass is 266 g/mol. The fourth-order valence-corrected chi connectivity index (χ4v) is 2.32. The summed E-state index contributed by atoms with van der Waals surface area (Å²) in [6, 6.07) is 3.23. The summed E-state index contributed by atoms with van der Waals surface area (Å²) in [4.78, 5) is 14.8. The Hall–Kier alpha value is -1.89. The van der Waals surface area contributed by atoms with Gasteiger partial charge in [0, 0.05) is 26.3 Å². The van der Waals surface area contributed by atoms with E-state index in [1.165, 1.54) is 6.07 Å². The molecule has 2 unspecified atom stereocenters. The third-order valence-electron chi connectivity index (χ3n) is 3.39. The molecule has 0 aromatic carbocycles. The van der Waals surface area contributed by atoms with Gasteiger partial charge in [-0.1, -0.05) is 0 Å². The fourth-order valence-electron chi connectivity index (χ4n) is 2.32. The average Bonchev–Trinajstić information content (AvgIpc) is 2.86. The highest BCUT2D eigenvalue weighted by atomic mass is 16.6. The number of anilines is 2. The predicted octanol–water partition coefficient (Wildman–Crippen LogP) is 2.01. The van der Waals surface area contributed by atoms with Crippen LogP contribution in [0.2, 0.25) is 0 Å². The van der Waals surface area contributed by atoms with Crippen molar-refractivity contribution in [2.45, 2.75) is 31.4 Å². The van der Waals surface area contributed by atoms with E-state index in [0.29, 0.717) is 11.6 Å².